The Balaban J connectivity index is 1.51. The van der Waals surface area contributed by atoms with Gasteiger partial charge in [-0.15, -0.1) is 0 Å². The number of imidazole rings is 1. The highest BCUT2D eigenvalue weighted by Crippen LogP contribution is 2.33. The SMILES string of the molecule is CN1CCC(Oc2cc(-c3ccnc(N)n3)cc3nc(C(N)Cc4cccc(F)c4)[nH]c23)CC1. The van der Waals surface area contributed by atoms with Crippen molar-refractivity contribution in [3.8, 4) is 17.0 Å². The molecule has 1 aliphatic rings. The molecule has 0 amide bonds. The summed E-state index contributed by atoms with van der Waals surface area (Å²) >= 11 is 0. The molecule has 2 aromatic heterocycles. The number of hydrogen-bond donors (Lipinski definition) is 3. The van der Waals surface area contributed by atoms with Crippen LogP contribution in [0.25, 0.3) is 22.3 Å². The Morgan fingerprint density at radius 1 is 1.18 bits per heavy atom. The van der Waals surface area contributed by atoms with Crippen molar-refractivity contribution >= 4 is 17.0 Å². The molecule has 3 heterocycles. The number of aromatic amines is 1. The maximum absolute atomic E-state index is 13.6. The molecule has 0 bridgehead atoms. The van der Waals surface area contributed by atoms with Gasteiger partial charge < -0.3 is 26.1 Å². The first-order valence-corrected chi connectivity index (χ1v) is 11.4. The zero-order chi connectivity index (χ0) is 23.7. The summed E-state index contributed by atoms with van der Waals surface area (Å²) in [5.41, 5.74) is 16.1. The van der Waals surface area contributed by atoms with Gasteiger partial charge in [0.15, 0.2) is 0 Å². The maximum Gasteiger partial charge on any atom is 0.220 e. The van der Waals surface area contributed by atoms with E-state index in [1.807, 2.05) is 18.2 Å². The van der Waals surface area contributed by atoms with Crippen LogP contribution in [0.1, 0.15) is 30.3 Å². The van der Waals surface area contributed by atoms with Crippen molar-refractivity contribution < 1.29 is 9.13 Å². The molecule has 2 aromatic carbocycles. The number of ether oxygens (including phenoxy) is 1. The maximum atomic E-state index is 13.6. The van der Waals surface area contributed by atoms with Crippen LogP contribution in [-0.2, 0) is 6.42 Å². The minimum absolute atomic E-state index is 0.109. The zero-order valence-corrected chi connectivity index (χ0v) is 19.0. The number of nitrogens with zero attached hydrogens (tertiary/aromatic N) is 4. The highest BCUT2D eigenvalue weighted by molar-refractivity contribution is 5.87. The number of likely N-dealkylation sites (tertiary alicyclic amines) is 1. The van der Waals surface area contributed by atoms with Crippen LogP contribution in [-0.4, -0.2) is 51.1 Å². The number of hydrogen-bond acceptors (Lipinski definition) is 7. The van der Waals surface area contributed by atoms with E-state index in [0.717, 1.165) is 48.1 Å². The molecule has 1 unspecified atom stereocenters. The molecule has 1 fully saturated rings. The number of aromatic nitrogens is 4. The Morgan fingerprint density at radius 3 is 2.76 bits per heavy atom. The van der Waals surface area contributed by atoms with Crippen LogP contribution in [0.15, 0.2) is 48.7 Å². The van der Waals surface area contributed by atoms with E-state index in [9.17, 15) is 4.39 Å². The molecule has 8 nitrogen and oxygen atoms in total. The van der Waals surface area contributed by atoms with E-state index >= 15 is 0 Å². The van der Waals surface area contributed by atoms with Crippen molar-refractivity contribution in [3.05, 3.63) is 65.9 Å². The summed E-state index contributed by atoms with van der Waals surface area (Å²) in [5.74, 6) is 1.25. The third-order valence-electron chi connectivity index (χ3n) is 6.20. The largest absolute Gasteiger partial charge is 0.488 e. The monoisotopic (exact) mass is 461 g/mol. The molecule has 0 radical (unpaired) electrons. The third kappa shape index (κ3) is 4.85. The molecular weight excluding hydrogens is 433 g/mol. The normalized spacial score (nSPS) is 16.1. The first-order chi connectivity index (χ1) is 16.4. The average molecular weight is 462 g/mol. The van der Waals surface area contributed by atoms with Crippen LogP contribution in [0.3, 0.4) is 0 Å². The fourth-order valence-corrected chi connectivity index (χ4v) is 4.35. The van der Waals surface area contributed by atoms with Gasteiger partial charge in [0.25, 0.3) is 0 Å². The molecule has 0 aliphatic carbocycles. The average Bonchev–Trinajstić information content (AvgIpc) is 3.25. The van der Waals surface area contributed by atoms with Gasteiger partial charge in [0.1, 0.15) is 29.0 Å². The predicted octanol–water partition coefficient (Wildman–Crippen LogP) is 3.46. The zero-order valence-electron chi connectivity index (χ0n) is 19.0. The van der Waals surface area contributed by atoms with E-state index in [1.165, 1.54) is 12.1 Å². The third-order valence-corrected chi connectivity index (χ3v) is 6.20. The van der Waals surface area contributed by atoms with Crippen molar-refractivity contribution in [2.24, 2.45) is 5.73 Å². The van der Waals surface area contributed by atoms with Gasteiger partial charge in [-0.25, -0.2) is 19.3 Å². The second-order valence-corrected chi connectivity index (χ2v) is 8.85. The van der Waals surface area contributed by atoms with Crippen LogP contribution < -0.4 is 16.2 Å². The lowest BCUT2D eigenvalue weighted by Crippen LogP contribution is -2.35. The van der Waals surface area contributed by atoms with E-state index in [0.29, 0.717) is 23.7 Å². The number of rotatable bonds is 6. The highest BCUT2D eigenvalue weighted by atomic mass is 19.1. The van der Waals surface area contributed by atoms with Crippen molar-refractivity contribution in [3.63, 3.8) is 0 Å². The number of anilines is 1. The summed E-state index contributed by atoms with van der Waals surface area (Å²) in [6.45, 7) is 1.98. The number of piperidine rings is 1. The summed E-state index contributed by atoms with van der Waals surface area (Å²) in [6, 6.07) is 11.7. The summed E-state index contributed by atoms with van der Waals surface area (Å²) in [7, 11) is 2.12. The van der Waals surface area contributed by atoms with Gasteiger partial charge in [-0.1, -0.05) is 12.1 Å². The van der Waals surface area contributed by atoms with Gasteiger partial charge in [-0.2, -0.15) is 0 Å². The minimum atomic E-state index is -0.427. The van der Waals surface area contributed by atoms with E-state index in [-0.39, 0.29) is 17.9 Å². The quantitative estimate of drug-likeness (QED) is 0.402. The fourth-order valence-electron chi connectivity index (χ4n) is 4.35. The molecule has 0 spiro atoms. The standard InChI is InChI=1S/C25H28FN7O/c1-33-9-6-18(7-10-33)34-22-14-16(20-5-8-29-25(28)31-20)13-21-23(22)32-24(30-21)19(27)12-15-3-2-4-17(26)11-15/h2-5,8,11,13-14,18-19H,6-7,9-10,12,27H2,1H3,(H,30,32)(H2,28,29,31). The number of H-pyrrole nitrogens is 1. The molecule has 5 N–H and O–H groups in total. The van der Waals surface area contributed by atoms with Crippen LogP contribution in [0.4, 0.5) is 10.3 Å². The van der Waals surface area contributed by atoms with Crippen LogP contribution in [0.5, 0.6) is 5.75 Å². The van der Waals surface area contributed by atoms with Gasteiger partial charge in [0.05, 0.1) is 17.3 Å². The summed E-state index contributed by atoms with van der Waals surface area (Å²) < 4.78 is 20.1. The van der Waals surface area contributed by atoms with E-state index in [1.54, 1.807) is 18.3 Å². The molecule has 34 heavy (non-hydrogen) atoms. The molecule has 1 saturated heterocycles. The number of fused-ring (bicyclic) bond motifs is 1. The van der Waals surface area contributed by atoms with Gasteiger partial charge >= 0.3 is 0 Å². The van der Waals surface area contributed by atoms with Crippen molar-refractivity contribution in [1.82, 2.24) is 24.8 Å². The molecular formula is C25H28FN7O. The number of nitrogen functional groups attached to an aromatic ring is 1. The highest BCUT2D eigenvalue weighted by Gasteiger charge is 2.22. The van der Waals surface area contributed by atoms with Crippen molar-refractivity contribution in [2.75, 3.05) is 25.9 Å². The number of halogens is 1. The molecule has 1 aliphatic heterocycles. The molecule has 4 aromatic rings. The summed E-state index contributed by atoms with van der Waals surface area (Å²) in [6.07, 6.45) is 4.09. The Kier molecular flexibility index (Phi) is 6.12. The lowest BCUT2D eigenvalue weighted by molar-refractivity contribution is 0.115. The van der Waals surface area contributed by atoms with Gasteiger partial charge in [0, 0.05) is 24.8 Å². The van der Waals surface area contributed by atoms with Crippen LogP contribution in [0.2, 0.25) is 0 Å². The number of nitrogens with two attached hydrogens (primary N) is 2. The van der Waals surface area contributed by atoms with E-state index < -0.39 is 6.04 Å². The van der Waals surface area contributed by atoms with E-state index in [2.05, 4.69) is 26.9 Å². The van der Waals surface area contributed by atoms with Crippen molar-refractivity contribution in [2.45, 2.75) is 31.4 Å². The Labute approximate surface area is 197 Å². The Morgan fingerprint density at radius 2 is 2.00 bits per heavy atom. The lowest BCUT2D eigenvalue weighted by atomic mass is 10.1. The molecule has 1 atom stereocenters. The van der Waals surface area contributed by atoms with Crippen LogP contribution in [0, 0.1) is 5.82 Å². The topological polar surface area (TPSA) is 119 Å². The van der Waals surface area contributed by atoms with Crippen molar-refractivity contribution in [1.29, 1.82) is 0 Å². The van der Waals surface area contributed by atoms with Crippen LogP contribution >= 0.6 is 0 Å². The first-order valence-electron chi connectivity index (χ1n) is 11.4. The lowest BCUT2D eigenvalue weighted by Gasteiger charge is -2.29. The molecule has 5 rings (SSSR count). The predicted molar refractivity (Wildman–Crippen MR) is 130 cm³/mol. The fraction of sp³-hybridized carbons (Fsp3) is 0.320. The second kappa shape index (κ2) is 9.36. The molecule has 0 saturated carbocycles. The summed E-state index contributed by atoms with van der Waals surface area (Å²) in [4.78, 5) is 18.8. The second-order valence-electron chi connectivity index (χ2n) is 8.85. The van der Waals surface area contributed by atoms with Gasteiger partial charge in [-0.3, -0.25) is 0 Å². The van der Waals surface area contributed by atoms with Gasteiger partial charge in [-0.05, 0) is 62.2 Å². The van der Waals surface area contributed by atoms with Gasteiger partial charge in [0.2, 0.25) is 5.95 Å². The van der Waals surface area contributed by atoms with E-state index in [4.69, 9.17) is 21.2 Å². The minimum Gasteiger partial charge on any atom is -0.488 e. The number of nitrogens with one attached hydrogen (secondary N) is 1. The number of benzene rings is 2. The summed E-state index contributed by atoms with van der Waals surface area (Å²) in [5, 5.41) is 0. The molecule has 176 valence electrons. The first kappa shape index (κ1) is 22.2. The smallest absolute Gasteiger partial charge is 0.220 e. The Hall–Kier alpha value is -3.56. The molecule has 9 heteroatoms. The Bertz CT molecular complexity index is 1300.